The molecule has 0 fully saturated rings. The van der Waals surface area contributed by atoms with Crippen LogP contribution in [0.3, 0.4) is 0 Å². The fourth-order valence-electron chi connectivity index (χ4n) is 1.56. The number of hydrogen-bond acceptors (Lipinski definition) is 10. The van der Waals surface area contributed by atoms with E-state index >= 15 is 0 Å². The molecule has 0 aromatic carbocycles. The van der Waals surface area contributed by atoms with Gasteiger partial charge in [-0.1, -0.05) is 20.3 Å². The van der Waals surface area contributed by atoms with E-state index in [-0.39, 0.29) is 0 Å². The van der Waals surface area contributed by atoms with Gasteiger partial charge in [0.05, 0.1) is 5.69 Å². The zero-order valence-electron chi connectivity index (χ0n) is 9.38. The molecule has 0 N–H and O–H groups in total. The predicted molar refractivity (Wildman–Crippen MR) is 71.2 cm³/mol. The lowest BCUT2D eigenvalue weighted by Gasteiger charge is -1.91. The molecule has 0 saturated carbocycles. The van der Waals surface area contributed by atoms with E-state index in [2.05, 4.69) is 34.5 Å². The number of aromatic nitrogens is 8. The molecular weight excluding hydrogens is 304 g/mol. The molecule has 11 heteroatoms. The van der Waals surface area contributed by atoms with E-state index in [1.165, 1.54) is 34.4 Å². The molecule has 0 unspecified atom stereocenters. The third kappa shape index (κ3) is 1.66. The molecule has 8 nitrogen and oxygen atoms in total. The average molecular weight is 308 g/mol. The molecule has 0 saturated heterocycles. The molecule has 0 spiro atoms. The second kappa shape index (κ2) is 4.08. The van der Waals surface area contributed by atoms with E-state index in [4.69, 9.17) is 0 Å². The van der Waals surface area contributed by atoms with Crippen LogP contribution in [0.15, 0.2) is 5.38 Å². The summed E-state index contributed by atoms with van der Waals surface area (Å²) >= 11 is 4.00. The second-order valence-electron chi connectivity index (χ2n) is 3.60. The molecule has 0 amide bonds. The second-order valence-corrected chi connectivity index (χ2v) is 5.92. The van der Waals surface area contributed by atoms with Crippen molar-refractivity contribution < 1.29 is 0 Å². The van der Waals surface area contributed by atoms with Gasteiger partial charge in [-0.15, -0.1) is 20.4 Å². The number of fused-ring (bicyclic) bond motifs is 1. The van der Waals surface area contributed by atoms with Gasteiger partial charge in [0.2, 0.25) is 4.96 Å². The molecule has 4 aromatic rings. The molecule has 19 heavy (non-hydrogen) atoms. The predicted octanol–water partition coefficient (Wildman–Crippen LogP) is 1.53. The first kappa shape index (κ1) is 11.0. The number of aryl methyl sites for hydroxylation is 1. The molecule has 4 heterocycles. The summed E-state index contributed by atoms with van der Waals surface area (Å²) in [5.41, 5.74) is 1.58. The Balaban J connectivity index is 1.92. The Morgan fingerprint density at radius 1 is 1.11 bits per heavy atom. The van der Waals surface area contributed by atoms with Gasteiger partial charge in [0.1, 0.15) is 10.6 Å². The molecule has 4 rings (SSSR count). The third-order valence-electron chi connectivity index (χ3n) is 2.42. The van der Waals surface area contributed by atoms with Gasteiger partial charge in [-0.05, 0) is 30.0 Å². The Kier molecular flexibility index (Phi) is 2.36. The lowest BCUT2D eigenvalue weighted by atomic mass is 10.4. The maximum Gasteiger partial charge on any atom is 0.235 e. The smallest absolute Gasteiger partial charge is 0.181 e. The van der Waals surface area contributed by atoms with Gasteiger partial charge in [-0.3, -0.25) is 0 Å². The van der Waals surface area contributed by atoms with Gasteiger partial charge in [-0.2, -0.15) is 9.61 Å². The number of rotatable bonds is 2. The highest BCUT2D eigenvalue weighted by atomic mass is 32.1. The van der Waals surface area contributed by atoms with Gasteiger partial charge in [0, 0.05) is 5.38 Å². The van der Waals surface area contributed by atoms with Crippen LogP contribution in [0.1, 0.15) is 5.69 Å². The number of hydrogen-bond donors (Lipinski definition) is 0. The van der Waals surface area contributed by atoms with Crippen LogP contribution in [0.25, 0.3) is 26.4 Å². The van der Waals surface area contributed by atoms with Crippen LogP contribution in [0, 0.1) is 6.92 Å². The summed E-state index contributed by atoms with van der Waals surface area (Å²) in [5.74, 6) is 0.660. The highest BCUT2D eigenvalue weighted by Gasteiger charge is 2.18. The van der Waals surface area contributed by atoms with E-state index in [9.17, 15) is 0 Å². The minimum absolute atomic E-state index is 0.660. The summed E-state index contributed by atoms with van der Waals surface area (Å²) in [6.45, 7) is 1.89. The molecule has 0 atom stereocenters. The van der Waals surface area contributed by atoms with E-state index < -0.39 is 0 Å². The lowest BCUT2D eigenvalue weighted by molar-refractivity contribution is 0.963. The molecular formula is C8H4N8S3. The topological polar surface area (TPSA) is 94.6 Å². The van der Waals surface area contributed by atoms with Crippen LogP contribution in [0.5, 0.6) is 0 Å². The summed E-state index contributed by atoms with van der Waals surface area (Å²) < 4.78 is 9.44. The monoisotopic (exact) mass is 308 g/mol. The molecule has 0 radical (unpaired) electrons. The van der Waals surface area contributed by atoms with E-state index in [0.29, 0.717) is 10.8 Å². The maximum atomic E-state index is 4.48. The van der Waals surface area contributed by atoms with Crippen LogP contribution in [0.4, 0.5) is 0 Å². The van der Waals surface area contributed by atoms with Crippen molar-refractivity contribution in [1.82, 2.24) is 39.0 Å². The first-order chi connectivity index (χ1) is 9.33. The van der Waals surface area contributed by atoms with Gasteiger partial charge in [0.15, 0.2) is 10.8 Å². The standard InChI is InChI=1S/C8H4N8S3/c1-3-5(19-15-9-3)6-11-12-8-16(6)13-7(18-8)4-2-17-14-10-4/h2H,1H3. The molecule has 4 aromatic heterocycles. The highest BCUT2D eigenvalue weighted by Crippen LogP contribution is 2.29. The quantitative estimate of drug-likeness (QED) is 0.554. The Hall–Kier alpha value is -1.85. The van der Waals surface area contributed by atoms with Crippen molar-refractivity contribution in [1.29, 1.82) is 0 Å². The van der Waals surface area contributed by atoms with Crippen molar-refractivity contribution in [3.8, 4) is 21.4 Å². The molecule has 0 aliphatic heterocycles. The van der Waals surface area contributed by atoms with Crippen molar-refractivity contribution >= 4 is 39.4 Å². The minimum atomic E-state index is 0.660. The Bertz CT molecular complexity index is 841. The first-order valence-electron chi connectivity index (χ1n) is 5.12. The summed E-state index contributed by atoms with van der Waals surface area (Å²) in [4.78, 5) is 1.59. The average Bonchev–Trinajstić information content (AvgIpc) is 3.11. The van der Waals surface area contributed by atoms with Crippen LogP contribution in [-0.2, 0) is 0 Å². The summed E-state index contributed by atoms with van der Waals surface area (Å²) in [6.07, 6.45) is 0. The van der Waals surface area contributed by atoms with Crippen molar-refractivity contribution in [2.45, 2.75) is 6.92 Å². The van der Waals surface area contributed by atoms with Gasteiger partial charge >= 0.3 is 0 Å². The summed E-state index contributed by atoms with van der Waals surface area (Å²) in [5, 5.41) is 23.3. The Morgan fingerprint density at radius 2 is 2.05 bits per heavy atom. The summed E-state index contributed by atoms with van der Waals surface area (Å²) in [6, 6.07) is 0. The molecule has 0 aliphatic carbocycles. The Labute approximate surface area is 118 Å². The van der Waals surface area contributed by atoms with Crippen molar-refractivity contribution in [3.63, 3.8) is 0 Å². The molecule has 0 bridgehead atoms. The highest BCUT2D eigenvalue weighted by molar-refractivity contribution is 7.20. The summed E-state index contributed by atoms with van der Waals surface area (Å²) in [7, 11) is 0. The van der Waals surface area contributed by atoms with Gasteiger partial charge in [0.25, 0.3) is 0 Å². The normalized spacial score (nSPS) is 11.4. The number of nitrogens with zero attached hydrogens (tertiary/aromatic N) is 8. The van der Waals surface area contributed by atoms with Crippen LogP contribution in [0.2, 0.25) is 0 Å². The largest absolute Gasteiger partial charge is 0.235 e. The van der Waals surface area contributed by atoms with Crippen molar-refractivity contribution in [2.24, 2.45) is 0 Å². The van der Waals surface area contributed by atoms with Crippen LogP contribution < -0.4 is 0 Å². The van der Waals surface area contributed by atoms with E-state index in [1.807, 2.05) is 12.3 Å². The van der Waals surface area contributed by atoms with Crippen LogP contribution in [-0.4, -0.2) is 39.0 Å². The maximum absolute atomic E-state index is 4.48. The van der Waals surface area contributed by atoms with Crippen LogP contribution >= 0.6 is 34.4 Å². The zero-order valence-corrected chi connectivity index (χ0v) is 11.8. The lowest BCUT2D eigenvalue weighted by Crippen LogP contribution is -1.90. The molecule has 94 valence electrons. The zero-order chi connectivity index (χ0) is 12.8. The fraction of sp³-hybridized carbons (Fsp3) is 0.125. The molecule has 0 aliphatic rings. The minimum Gasteiger partial charge on any atom is -0.181 e. The van der Waals surface area contributed by atoms with Gasteiger partial charge in [-0.25, -0.2) is 0 Å². The van der Waals surface area contributed by atoms with Gasteiger partial charge < -0.3 is 0 Å². The first-order valence-corrected chi connectivity index (χ1v) is 7.54. The SMILES string of the molecule is Cc1nnsc1-c1nnc2sc(-c3csnn3)nn12. The van der Waals surface area contributed by atoms with E-state index in [0.717, 1.165) is 21.3 Å². The Morgan fingerprint density at radius 3 is 2.79 bits per heavy atom. The third-order valence-corrected chi connectivity index (χ3v) is 4.67. The fourth-order valence-corrected chi connectivity index (χ4v) is 3.49. The van der Waals surface area contributed by atoms with E-state index in [1.54, 1.807) is 4.52 Å². The van der Waals surface area contributed by atoms with Crippen molar-refractivity contribution in [3.05, 3.63) is 11.1 Å². The van der Waals surface area contributed by atoms with Crippen molar-refractivity contribution in [2.75, 3.05) is 0 Å².